The van der Waals surface area contributed by atoms with Crippen LogP contribution < -0.4 is 11.1 Å². The molecule has 134 valence electrons. The molecule has 0 aliphatic rings. The second-order valence-corrected chi connectivity index (χ2v) is 8.14. The third-order valence-electron chi connectivity index (χ3n) is 3.24. The predicted molar refractivity (Wildman–Crippen MR) is 96.7 cm³/mol. The Bertz CT molecular complexity index is 572. The number of rotatable bonds is 10. The zero-order valence-electron chi connectivity index (χ0n) is 13.6. The summed E-state index contributed by atoms with van der Waals surface area (Å²) in [7, 11) is -3.38. The highest BCUT2D eigenvalue weighted by atomic mass is 35.5. The highest BCUT2D eigenvalue weighted by Gasteiger charge is 2.23. The van der Waals surface area contributed by atoms with E-state index in [4.69, 9.17) is 5.73 Å². The number of nitrogens with zero attached hydrogens (tertiary/aromatic N) is 1. The van der Waals surface area contributed by atoms with Crippen LogP contribution in [0.25, 0.3) is 0 Å². The predicted octanol–water partition coefficient (Wildman–Crippen LogP) is 1.60. The van der Waals surface area contributed by atoms with Crippen LogP contribution in [0.15, 0.2) is 16.3 Å². The van der Waals surface area contributed by atoms with Gasteiger partial charge in [0, 0.05) is 30.9 Å². The van der Waals surface area contributed by atoms with Crippen LogP contribution in [-0.4, -0.2) is 44.8 Å². The lowest BCUT2D eigenvalue weighted by Gasteiger charge is -2.16. The second-order valence-electron chi connectivity index (χ2n) is 4.80. The van der Waals surface area contributed by atoms with E-state index < -0.39 is 10.0 Å². The maximum Gasteiger partial charge on any atom is 0.252 e. The van der Waals surface area contributed by atoms with Crippen molar-refractivity contribution >= 4 is 39.7 Å². The van der Waals surface area contributed by atoms with Crippen LogP contribution >= 0.6 is 23.7 Å². The minimum absolute atomic E-state index is 0. The van der Waals surface area contributed by atoms with Crippen LogP contribution in [-0.2, 0) is 21.2 Å². The van der Waals surface area contributed by atoms with Gasteiger partial charge in [-0.15, -0.1) is 23.7 Å². The molecule has 1 heterocycles. The molecule has 1 aromatic rings. The maximum absolute atomic E-state index is 12.4. The van der Waals surface area contributed by atoms with E-state index in [1.54, 1.807) is 6.07 Å². The summed E-state index contributed by atoms with van der Waals surface area (Å²) in [5, 5.41) is 2.81. The van der Waals surface area contributed by atoms with Crippen LogP contribution in [0.3, 0.4) is 0 Å². The van der Waals surface area contributed by atoms with Crippen molar-refractivity contribution in [3.8, 4) is 0 Å². The summed E-state index contributed by atoms with van der Waals surface area (Å²) in [6, 6.07) is 3.46. The lowest BCUT2D eigenvalue weighted by molar-refractivity contribution is -0.121. The minimum atomic E-state index is -3.38. The number of sulfonamides is 1. The molecule has 0 aliphatic heterocycles. The van der Waals surface area contributed by atoms with Gasteiger partial charge in [-0.2, -0.15) is 4.31 Å². The molecule has 0 radical (unpaired) electrons. The Balaban J connectivity index is 0.00000484. The van der Waals surface area contributed by atoms with Crippen LogP contribution in [0.1, 0.15) is 31.6 Å². The Labute approximate surface area is 148 Å². The molecule has 6 nitrogen and oxygen atoms in total. The highest BCUT2D eigenvalue weighted by molar-refractivity contribution is 7.91. The monoisotopic (exact) mass is 383 g/mol. The van der Waals surface area contributed by atoms with Gasteiger partial charge in [-0.25, -0.2) is 8.42 Å². The van der Waals surface area contributed by atoms with Crippen molar-refractivity contribution in [3.63, 3.8) is 0 Å². The van der Waals surface area contributed by atoms with Gasteiger partial charge in [-0.1, -0.05) is 13.8 Å². The first-order valence-electron chi connectivity index (χ1n) is 7.51. The molecule has 1 rings (SSSR count). The van der Waals surface area contributed by atoms with E-state index in [1.165, 1.54) is 15.6 Å². The fraction of sp³-hybridized carbons (Fsp3) is 0.643. The van der Waals surface area contributed by atoms with Crippen molar-refractivity contribution in [2.75, 3.05) is 26.2 Å². The van der Waals surface area contributed by atoms with Crippen LogP contribution in [0.2, 0.25) is 0 Å². The molecule has 0 atom stereocenters. The van der Waals surface area contributed by atoms with Gasteiger partial charge >= 0.3 is 0 Å². The molecule has 0 unspecified atom stereocenters. The van der Waals surface area contributed by atoms with Gasteiger partial charge in [0.1, 0.15) is 4.21 Å². The van der Waals surface area contributed by atoms with Gasteiger partial charge in [0.25, 0.3) is 10.0 Å². The van der Waals surface area contributed by atoms with Gasteiger partial charge < -0.3 is 11.1 Å². The molecule has 0 fully saturated rings. The lowest BCUT2D eigenvalue weighted by atomic mass is 10.3. The molecular weight excluding hydrogens is 358 g/mol. The number of carbonyl (C=O) groups is 1. The zero-order chi connectivity index (χ0) is 16.6. The molecule has 1 aromatic heterocycles. The van der Waals surface area contributed by atoms with Crippen molar-refractivity contribution in [1.29, 1.82) is 0 Å². The van der Waals surface area contributed by atoms with Gasteiger partial charge in [0.15, 0.2) is 0 Å². The third kappa shape index (κ3) is 6.76. The average molecular weight is 384 g/mol. The van der Waals surface area contributed by atoms with E-state index in [2.05, 4.69) is 5.32 Å². The largest absolute Gasteiger partial charge is 0.356 e. The van der Waals surface area contributed by atoms with E-state index in [0.717, 1.165) is 4.88 Å². The molecule has 23 heavy (non-hydrogen) atoms. The number of nitrogens with one attached hydrogen (secondary N) is 1. The Morgan fingerprint density at radius 3 is 2.52 bits per heavy atom. The van der Waals surface area contributed by atoms with E-state index >= 15 is 0 Å². The third-order valence-corrected chi connectivity index (χ3v) is 6.90. The number of hydrogen-bond donors (Lipinski definition) is 2. The van der Waals surface area contributed by atoms with Crippen molar-refractivity contribution in [1.82, 2.24) is 9.62 Å². The van der Waals surface area contributed by atoms with Gasteiger partial charge in [-0.3, -0.25) is 4.79 Å². The molecular formula is C14H26ClN3O3S2. The number of thiophene rings is 1. The number of nitrogens with two attached hydrogens (primary N) is 1. The first-order valence-corrected chi connectivity index (χ1v) is 9.77. The van der Waals surface area contributed by atoms with Crippen LogP contribution in [0.4, 0.5) is 0 Å². The van der Waals surface area contributed by atoms with Crippen LogP contribution in [0.5, 0.6) is 0 Å². The number of carbonyl (C=O) groups excluding carboxylic acids is 1. The fourth-order valence-electron chi connectivity index (χ4n) is 2.00. The average Bonchev–Trinajstić information content (AvgIpc) is 2.95. The molecule has 0 saturated heterocycles. The molecule has 0 aromatic carbocycles. The van der Waals surface area contributed by atoms with E-state index in [0.29, 0.717) is 49.7 Å². The van der Waals surface area contributed by atoms with E-state index in [9.17, 15) is 13.2 Å². The highest BCUT2D eigenvalue weighted by Crippen LogP contribution is 2.25. The summed E-state index contributed by atoms with van der Waals surface area (Å²) in [6.45, 7) is 5.59. The van der Waals surface area contributed by atoms with E-state index in [-0.39, 0.29) is 18.3 Å². The summed E-state index contributed by atoms with van der Waals surface area (Å²) < 4.78 is 26.5. The van der Waals surface area contributed by atoms with Gasteiger partial charge in [-0.05, 0) is 31.5 Å². The quantitative estimate of drug-likeness (QED) is 0.641. The van der Waals surface area contributed by atoms with Crippen molar-refractivity contribution in [3.05, 3.63) is 17.0 Å². The summed E-state index contributed by atoms with van der Waals surface area (Å²) in [5.41, 5.74) is 5.35. The van der Waals surface area contributed by atoms with Crippen molar-refractivity contribution in [2.24, 2.45) is 5.73 Å². The molecule has 0 spiro atoms. The normalized spacial score (nSPS) is 11.3. The molecule has 0 bridgehead atoms. The molecule has 0 saturated carbocycles. The standard InChI is InChI=1S/C14H25N3O3S2.ClH/c1-3-17(4-2)22(19,20)14-8-7-12(21-14)9-11-16-13(18)6-5-10-15;/h7-8H,3-6,9-11,15H2,1-2H3,(H,16,18);1H. The summed E-state index contributed by atoms with van der Waals surface area (Å²) in [4.78, 5) is 12.4. The smallest absolute Gasteiger partial charge is 0.252 e. The number of amides is 1. The lowest BCUT2D eigenvalue weighted by Crippen LogP contribution is -2.29. The summed E-state index contributed by atoms with van der Waals surface area (Å²) in [5.74, 6) is -0.0157. The fourth-order valence-corrected chi connectivity index (χ4v) is 4.97. The second kappa shape index (κ2) is 11.0. The summed E-state index contributed by atoms with van der Waals surface area (Å²) >= 11 is 1.27. The first kappa shape index (κ1) is 22.3. The zero-order valence-corrected chi connectivity index (χ0v) is 16.0. The molecule has 3 N–H and O–H groups in total. The molecule has 1 amide bonds. The Morgan fingerprint density at radius 1 is 1.30 bits per heavy atom. The molecule has 0 aliphatic carbocycles. The Hall–Kier alpha value is -0.670. The maximum atomic E-state index is 12.4. The number of hydrogen-bond acceptors (Lipinski definition) is 5. The Morgan fingerprint density at radius 2 is 1.96 bits per heavy atom. The van der Waals surface area contributed by atoms with Gasteiger partial charge in [0.2, 0.25) is 5.91 Å². The molecule has 9 heteroatoms. The first-order chi connectivity index (χ1) is 10.5. The number of halogens is 1. The topological polar surface area (TPSA) is 92.5 Å². The minimum Gasteiger partial charge on any atom is -0.356 e. The van der Waals surface area contributed by atoms with Crippen LogP contribution in [0, 0.1) is 0 Å². The SMILES string of the molecule is CCN(CC)S(=O)(=O)c1ccc(CCNC(=O)CCCN)s1.Cl. The summed E-state index contributed by atoms with van der Waals surface area (Å²) in [6.07, 6.45) is 1.74. The Kier molecular flexibility index (Phi) is 10.7. The van der Waals surface area contributed by atoms with Crippen molar-refractivity contribution in [2.45, 2.75) is 37.3 Å². The van der Waals surface area contributed by atoms with Gasteiger partial charge in [0.05, 0.1) is 0 Å². The van der Waals surface area contributed by atoms with Crippen molar-refractivity contribution < 1.29 is 13.2 Å². The van der Waals surface area contributed by atoms with E-state index in [1.807, 2.05) is 19.9 Å².